The van der Waals surface area contributed by atoms with Gasteiger partial charge in [0.1, 0.15) is 0 Å². The molecule has 0 saturated carbocycles. The molecule has 3 nitrogen and oxygen atoms in total. The molecular weight excluding hydrogens is 176 g/mol. The first-order valence-electron chi connectivity index (χ1n) is 5.53. The largest absolute Gasteiger partial charge is 0.383 e. The van der Waals surface area contributed by atoms with Gasteiger partial charge in [0.05, 0.1) is 6.61 Å². The highest BCUT2D eigenvalue weighted by molar-refractivity contribution is 4.87. The second-order valence-corrected chi connectivity index (χ2v) is 4.86. The third kappa shape index (κ3) is 3.23. The minimum atomic E-state index is 0.302. The number of rotatable bonds is 3. The van der Waals surface area contributed by atoms with E-state index in [1.165, 1.54) is 6.42 Å². The molecule has 0 aromatic heterocycles. The molecule has 1 atom stereocenters. The second-order valence-electron chi connectivity index (χ2n) is 4.86. The van der Waals surface area contributed by atoms with Crippen molar-refractivity contribution in [3.8, 4) is 0 Å². The van der Waals surface area contributed by atoms with Gasteiger partial charge in [0.2, 0.25) is 0 Å². The molecule has 0 bridgehead atoms. The SMILES string of the molecule is COCCN1CC(C)NCCC1(C)C. The van der Waals surface area contributed by atoms with Crippen LogP contribution in [0.1, 0.15) is 27.2 Å². The summed E-state index contributed by atoms with van der Waals surface area (Å²) in [7, 11) is 1.77. The molecule has 1 aliphatic rings. The van der Waals surface area contributed by atoms with E-state index in [4.69, 9.17) is 4.74 Å². The molecule has 0 amide bonds. The maximum Gasteiger partial charge on any atom is 0.0589 e. The van der Waals surface area contributed by atoms with Crippen molar-refractivity contribution in [3.63, 3.8) is 0 Å². The molecule has 14 heavy (non-hydrogen) atoms. The van der Waals surface area contributed by atoms with Gasteiger partial charge in [-0.3, -0.25) is 4.90 Å². The molecule has 84 valence electrons. The molecular formula is C11H24N2O. The van der Waals surface area contributed by atoms with Gasteiger partial charge in [-0.2, -0.15) is 0 Å². The van der Waals surface area contributed by atoms with E-state index in [1.807, 2.05) is 0 Å². The van der Waals surface area contributed by atoms with E-state index in [0.29, 0.717) is 11.6 Å². The summed E-state index contributed by atoms with van der Waals surface area (Å²) in [6.07, 6.45) is 1.21. The molecule has 0 aromatic carbocycles. The van der Waals surface area contributed by atoms with Gasteiger partial charge in [-0.1, -0.05) is 0 Å². The van der Waals surface area contributed by atoms with Crippen molar-refractivity contribution in [2.75, 3.05) is 33.4 Å². The van der Waals surface area contributed by atoms with Crippen LogP contribution < -0.4 is 5.32 Å². The average molecular weight is 200 g/mol. The van der Waals surface area contributed by atoms with Crippen LogP contribution in [0.5, 0.6) is 0 Å². The van der Waals surface area contributed by atoms with Crippen molar-refractivity contribution < 1.29 is 4.74 Å². The summed E-state index contributed by atoms with van der Waals surface area (Å²) in [6, 6.07) is 0.591. The van der Waals surface area contributed by atoms with Crippen LogP contribution in [0, 0.1) is 0 Å². The van der Waals surface area contributed by atoms with Crippen LogP contribution in [0.3, 0.4) is 0 Å². The number of ether oxygens (including phenoxy) is 1. The van der Waals surface area contributed by atoms with Crippen molar-refractivity contribution >= 4 is 0 Å². The molecule has 3 heteroatoms. The lowest BCUT2D eigenvalue weighted by Crippen LogP contribution is -2.47. The first kappa shape index (κ1) is 12.0. The second kappa shape index (κ2) is 5.10. The number of nitrogens with zero attached hydrogens (tertiary/aromatic N) is 1. The van der Waals surface area contributed by atoms with Crippen molar-refractivity contribution in [2.45, 2.75) is 38.8 Å². The van der Waals surface area contributed by atoms with Crippen LogP contribution in [0.15, 0.2) is 0 Å². The number of hydrogen-bond donors (Lipinski definition) is 1. The summed E-state index contributed by atoms with van der Waals surface area (Å²) in [5, 5.41) is 3.52. The molecule has 0 spiro atoms. The molecule has 0 aliphatic carbocycles. The highest BCUT2D eigenvalue weighted by atomic mass is 16.5. The van der Waals surface area contributed by atoms with E-state index in [0.717, 1.165) is 26.2 Å². The number of hydrogen-bond acceptors (Lipinski definition) is 3. The lowest BCUT2D eigenvalue weighted by Gasteiger charge is -2.37. The highest BCUT2D eigenvalue weighted by Crippen LogP contribution is 2.20. The Labute approximate surface area is 87.8 Å². The Hall–Kier alpha value is -0.120. The summed E-state index contributed by atoms with van der Waals surface area (Å²) in [4.78, 5) is 2.53. The first-order valence-corrected chi connectivity index (χ1v) is 5.53. The zero-order valence-electron chi connectivity index (χ0n) is 9.97. The van der Waals surface area contributed by atoms with E-state index in [9.17, 15) is 0 Å². The van der Waals surface area contributed by atoms with Gasteiger partial charge in [-0.25, -0.2) is 0 Å². The fraction of sp³-hybridized carbons (Fsp3) is 1.00. The summed E-state index contributed by atoms with van der Waals surface area (Å²) < 4.78 is 5.15. The normalized spacial score (nSPS) is 28.7. The monoisotopic (exact) mass is 200 g/mol. The lowest BCUT2D eigenvalue weighted by atomic mass is 9.98. The van der Waals surface area contributed by atoms with Crippen LogP contribution in [-0.2, 0) is 4.74 Å². The summed E-state index contributed by atoms with van der Waals surface area (Å²) in [6.45, 7) is 11.0. The molecule has 1 rings (SSSR count). The lowest BCUT2D eigenvalue weighted by molar-refractivity contribution is 0.0777. The fourth-order valence-corrected chi connectivity index (χ4v) is 2.02. The summed E-state index contributed by atoms with van der Waals surface area (Å²) >= 11 is 0. The van der Waals surface area contributed by atoms with Gasteiger partial charge < -0.3 is 10.1 Å². The molecule has 0 aromatic rings. The Bertz CT molecular complexity index is 171. The predicted molar refractivity (Wildman–Crippen MR) is 59.6 cm³/mol. The third-order valence-corrected chi connectivity index (χ3v) is 3.15. The topological polar surface area (TPSA) is 24.5 Å². The van der Waals surface area contributed by atoms with Crippen molar-refractivity contribution in [2.24, 2.45) is 0 Å². The van der Waals surface area contributed by atoms with E-state index in [-0.39, 0.29) is 0 Å². The van der Waals surface area contributed by atoms with Crippen LogP contribution in [0.25, 0.3) is 0 Å². The Morgan fingerprint density at radius 2 is 2.21 bits per heavy atom. The average Bonchev–Trinajstić information content (AvgIpc) is 2.22. The number of nitrogens with one attached hydrogen (secondary N) is 1. The standard InChI is InChI=1S/C11H24N2O/c1-10-9-13(7-8-14-4)11(2,3)5-6-12-10/h10,12H,5-9H2,1-4H3. The predicted octanol–water partition coefficient (Wildman–Crippen LogP) is 1.10. The highest BCUT2D eigenvalue weighted by Gasteiger charge is 2.29. The van der Waals surface area contributed by atoms with Crippen LogP contribution in [0.2, 0.25) is 0 Å². The van der Waals surface area contributed by atoms with Crippen molar-refractivity contribution in [1.82, 2.24) is 10.2 Å². The molecule has 1 aliphatic heterocycles. The van der Waals surface area contributed by atoms with Crippen LogP contribution in [-0.4, -0.2) is 49.8 Å². The van der Waals surface area contributed by atoms with Crippen LogP contribution >= 0.6 is 0 Å². The zero-order valence-corrected chi connectivity index (χ0v) is 9.97. The van der Waals surface area contributed by atoms with Gasteiger partial charge in [-0.15, -0.1) is 0 Å². The zero-order chi connectivity index (χ0) is 10.6. The smallest absolute Gasteiger partial charge is 0.0589 e. The molecule has 1 N–H and O–H groups in total. The number of methoxy groups -OCH3 is 1. The van der Waals surface area contributed by atoms with Crippen molar-refractivity contribution in [3.05, 3.63) is 0 Å². The van der Waals surface area contributed by atoms with Gasteiger partial charge in [0.25, 0.3) is 0 Å². The summed E-state index contributed by atoms with van der Waals surface area (Å²) in [5.41, 5.74) is 0.302. The Balaban J connectivity index is 2.54. The Morgan fingerprint density at radius 1 is 1.50 bits per heavy atom. The molecule has 1 saturated heterocycles. The minimum Gasteiger partial charge on any atom is -0.383 e. The van der Waals surface area contributed by atoms with Crippen molar-refractivity contribution in [1.29, 1.82) is 0 Å². The van der Waals surface area contributed by atoms with Gasteiger partial charge in [-0.05, 0) is 33.7 Å². The Morgan fingerprint density at radius 3 is 2.86 bits per heavy atom. The molecule has 1 unspecified atom stereocenters. The Kier molecular flexibility index (Phi) is 4.35. The molecule has 1 heterocycles. The van der Waals surface area contributed by atoms with Crippen LogP contribution in [0.4, 0.5) is 0 Å². The first-order chi connectivity index (χ1) is 6.56. The van der Waals surface area contributed by atoms with Gasteiger partial charge >= 0.3 is 0 Å². The van der Waals surface area contributed by atoms with E-state index in [2.05, 4.69) is 31.0 Å². The quantitative estimate of drug-likeness (QED) is 0.738. The fourth-order valence-electron chi connectivity index (χ4n) is 2.02. The summed E-state index contributed by atoms with van der Waals surface area (Å²) in [5.74, 6) is 0. The van der Waals surface area contributed by atoms with Gasteiger partial charge in [0, 0.05) is 31.8 Å². The minimum absolute atomic E-state index is 0.302. The van der Waals surface area contributed by atoms with Gasteiger partial charge in [0.15, 0.2) is 0 Å². The molecule has 1 fully saturated rings. The molecule has 0 radical (unpaired) electrons. The van der Waals surface area contributed by atoms with E-state index < -0.39 is 0 Å². The van der Waals surface area contributed by atoms with E-state index in [1.54, 1.807) is 7.11 Å². The maximum absolute atomic E-state index is 5.15. The van der Waals surface area contributed by atoms with E-state index >= 15 is 0 Å². The third-order valence-electron chi connectivity index (χ3n) is 3.15. The maximum atomic E-state index is 5.15.